The Labute approximate surface area is 128 Å². The summed E-state index contributed by atoms with van der Waals surface area (Å²) in [5.41, 5.74) is 0.821. The van der Waals surface area contributed by atoms with Gasteiger partial charge in [-0.1, -0.05) is 16.8 Å². The fraction of sp³-hybridized carbons (Fsp3) is 0.0714. The molecule has 0 aliphatic rings. The van der Waals surface area contributed by atoms with E-state index in [0.717, 1.165) is 0 Å². The van der Waals surface area contributed by atoms with Crippen molar-refractivity contribution in [3.8, 4) is 11.4 Å². The summed E-state index contributed by atoms with van der Waals surface area (Å²) in [7, 11) is 0. The number of aromatic nitrogens is 3. The van der Waals surface area contributed by atoms with Crippen LogP contribution in [0.4, 0.5) is 4.39 Å². The van der Waals surface area contributed by atoms with Crippen molar-refractivity contribution in [2.24, 2.45) is 0 Å². The van der Waals surface area contributed by atoms with Crippen molar-refractivity contribution >= 4 is 17.6 Å². The van der Waals surface area contributed by atoms with E-state index in [1.807, 2.05) is 0 Å². The quantitative estimate of drug-likeness (QED) is 0.746. The lowest BCUT2D eigenvalue weighted by molar-refractivity contribution is 0.0423. The Hall–Kier alpha value is -2.67. The van der Waals surface area contributed by atoms with Crippen LogP contribution in [0.1, 0.15) is 16.4 Å². The van der Waals surface area contributed by atoms with E-state index in [4.69, 9.17) is 20.9 Å². The monoisotopic (exact) mass is 321 g/mol. The Balaban J connectivity index is 1.64. The molecule has 0 bridgehead atoms. The average molecular weight is 322 g/mol. The molecular weight excluding hydrogens is 313 g/mol. The number of H-pyrrole nitrogens is 1. The van der Waals surface area contributed by atoms with Crippen molar-refractivity contribution in [3.63, 3.8) is 0 Å². The minimum Gasteiger partial charge on any atom is -0.451 e. The molecule has 0 unspecified atom stereocenters. The first-order valence-corrected chi connectivity index (χ1v) is 6.59. The maximum Gasteiger partial charge on any atom is 0.355 e. The highest BCUT2D eigenvalue weighted by Gasteiger charge is 2.13. The zero-order valence-electron chi connectivity index (χ0n) is 11.0. The number of hydrogen-bond donors (Lipinski definition) is 1. The number of hydrogen-bond acceptors (Lipinski definition) is 5. The van der Waals surface area contributed by atoms with Crippen LogP contribution < -0.4 is 0 Å². The molecule has 8 heteroatoms. The van der Waals surface area contributed by atoms with Crippen LogP contribution in [0, 0.1) is 5.82 Å². The molecule has 0 aliphatic carbocycles. The van der Waals surface area contributed by atoms with Gasteiger partial charge in [-0.2, -0.15) is 4.98 Å². The van der Waals surface area contributed by atoms with Crippen LogP contribution >= 0.6 is 11.6 Å². The first kappa shape index (κ1) is 14.3. The fourth-order valence-electron chi connectivity index (χ4n) is 1.72. The number of nitrogens with one attached hydrogen (secondary N) is 1. The van der Waals surface area contributed by atoms with Gasteiger partial charge in [0.25, 0.3) is 5.89 Å². The van der Waals surface area contributed by atoms with E-state index in [9.17, 15) is 9.18 Å². The van der Waals surface area contributed by atoms with Crippen LogP contribution in [0.3, 0.4) is 0 Å². The van der Waals surface area contributed by atoms with Gasteiger partial charge in [-0.3, -0.25) is 0 Å². The third-order valence-corrected chi connectivity index (χ3v) is 2.98. The second-order valence-electron chi connectivity index (χ2n) is 4.33. The van der Waals surface area contributed by atoms with Crippen molar-refractivity contribution in [2.45, 2.75) is 6.61 Å². The Kier molecular flexibility index (Phi) is 3.88. The topological polar surface area (TPSA) is 81.0 Å². The van der Waals surface area contributed by atoms with Gasteiger partial charge in [0.2, 0.25) is 5.82 Å². The summed E-state index contributed by atoms with van der Waals surface area (Å²) in [6.45, 7) is -0.177. The van der Waals surface area contributed by atoms with Crippen molar-refractivity contribution < 1.29 is 18.4 Å². The summed E-state index contributed by atoms with van der Waals surface area (Å²) < 4.78 is 22.8. The highest BCUT2D eigenvalue weighted by molar-refractivity contribution is 6.30. The van der Waals surface area contributed by atoms with Gasteiger partial charge in [-0.25, -0.2) is 9.18 Å². The molecule has 0 radical (unpaired) electrons. The predicted octanol–water partition coefficient (Wildman–Crippen LogP) is 3.21. The molecule has 0 aliphatic heterocycles. The number of rotatable bonds is 4. The summed E-state index contributed by atoms with van der Waals surface area (Å²) in [4.78, 5) is 18.4. The molecule has 6 nitrogen and oxygen atoms in total. The SMILES string of the molecule is O=C(OCc1nc(-c2ccc(F)cc2)no1)c1cc(Cl)c[nH]1. The summed E-state index contributed by atoms with van der Waals surface area (Å²) >= 11 is 5.70. The highest BCUT2D eigenvalue weighted by atomic mass is 35.5. The molecule has 3 aromatic rings. The van der Waals surface area contributed by atoms with Gasteiger partial charge in [-0.05, 0) is 30.3 Å². The Morgan fingerprint density at radius 2 is 2.14 bits per heavy atom. The number of carbonyl (C=O) groups excluding carboxylic acids is 1. The molecule has 112 valence electrons. The van der Waals surface area contributed by atoms with Gasteiger partial charge in [-0.15, -0.1) is 0 Å². The first-order chi connectivity index (χ1) is 10.6. The van der Waals surface area contributed by atoms with Crippen LogP contribution in [-0.2, 0) is 11.3 Å². The molecule has 2 aromatic heterocycles. The molecule has 1 N–H and O–H groups in total. The van der Waals surface area contributed by atoms with Crippen molar-refractivity contribution in [1.82, 2.24) is 15.1 Å². The minimum atomic E-state index is -0.589. The molecule has 2 heterocycles. The molecule has 0 fully saturated rings. The molecule has 0 spiro atoms. The first-order valence-electron chi connectivity index (χ1n) is 6.21. The summed E-state index contributed by atoms with van der Waals surface area (Å²) in [5.74, 6) is -0.529. The molecule has 22 heavy (non-hydrogen) atoms. The van der Waals surface area contributed by atoms with E-state index in [-0.39, 0.29) is 29.8 Å². The van der Waals surface area contributed by atoms with E-state index in [2.05, 4.69) is 15.1 Å². The zero-order valence-corrected chi connectivity index (χ0v) is 11.8. The standard InChI is InChI=1S/C14H9ClFN3O3/c15-9-5-11(17-6-9)14(20)21-7-12-18-13(19-22-12)8-1-3-10(16)4-2-8/h1-6,17H,7H2. The van der Waals surface area contributed by atoms with Crippen molar-refractivity contribution in [3.05, 3.63) is 59.0 Å². The predicted molar refractivity (Wildman–Crippen MR) is 74.6 cm³/mol. The molecule has 1 aromatic carbocycles. The van der Waals surface area contributed by atoms with E-state index >= 15 is 0 Å². The summed E-state index contributed by atoms with van der Waals surface area (Å²) in [5, 5.41) is 4.15. The van der Waals surface area contributed by atoms with E-state index < -0.39 is 5.97 Å². The van der Waals surface area contributed by atoms with Crippen LogP contribution in [0.25, 0.3) is 11.4 Å². The highest BCUT2D eigenvalue weighted by Crippen LogP contribution is 2.17. The van der Waals surface area contributed by atoms with Crippen LogP contribution in [0.2, 0.25) is 5.02 Å². The van der Waals surface area contributed by atoms with Gasteiger partial charge in [0.1, 0.15) is 11.5 Å². The molecular formula is C14H9ClFN3O3. The Morgan fingerprint density at radius 3 is 2.82 bits per heavy atom. The second-order valence-corrected chi connectivity index (χ2v) is 4.76. The van der Waals surface area contributed by atoms with Gasteiger partial charge in [0.15, 0.2) is 6.61 Å². The second kappa shape index (κ2) is 5.98. The van der Waals surface area contributed by atoms with Crippen molar-refractivity contribution in [1.29, 1.82) is 0 Å². The maximum absolute atomic E-state index is 12.8. The maximum atomic E-state index is 12.8. The third kappa shape index (κ3) is 3.15. The third-order valence-electron chi connectivity index (χ3n) is 2.76. The van der Waals surface area contributed by atoms with Crippen LogP contribution in [0.15, 0.2) is 41.1 Å². The fourth-order valence-corrected chi connectivity index (χ4v) is 1.88. The number of ether oxygens (including phenoxy) is 1. The van der Waals surface area contributed by atoms with E-state index in [1.165, 1.54) is 36.5 Å². The molecule has 3 rings (SSSR count). The molecule has 0 saturated carbocycles. The number of halogens is 2. The van der Waals surface area contributed by atoms with Gasteiger partial charge >= 0.3 is 5.97 Å². The lowest BCUT2D eigenvalue weighted by atomic mass is 10.2. The largest absolute Gasteiger partial charge is 0.451 e. The molecule has 0 atom stereocenters. The Morgan fingerprint density at radius 1 is 1.36 bits per heavy atom. The van der Waals surface area contributed by atoms with Crippen LogP contribution in [0.5, 0.6) is 0 Å². The average Bonchev–Trinajstić information content (AvgIpc) is 3.15. The number of carbonyl (C=O) groups is 1. The lowest BCUT2D eigenvalue weighted by Crippen LogP contribution is -2.05. The van der Waals surface area contributed by atoms with E-state index in [0.29, 0.717) is 10.6 Å². The van der Waals surface area contributed by atoms with Gasteiger partial charge in [0.05, 0.1) is 5.02 Å². The van der Waals surface area contributed by atoms with Crippen LogP contribution in [-0.4, -0.2) is 21.1 Å². The Bertz CT molecular complexity index is 798. The van der Waals surface area contributed by atoms with Gasteiger partial charge < -0.3 is 14.2 Å². The smallest absolute Gasteiger partial charge is 0.355 e. The normalized spacial score (nSPS) is 10.6. The van der Waals surface area contributed by atoms with Crippen molar-refractivity contribution in [2.75, 3.05) is 0 Å². The minimum absolute atomic E-state index is 0.130. The summed E-state index contributed by atoms with van der Waals surface area (Å²) in [6.07, 6.45) is 1.47. The number of esters is 1. The lowest BCUT2D eigenvalue weighted by Gasteiger charge is -1.98. The van der Waals surface area contributed by atoms with Gasteiger partial charge in [0, 0.05) is 11.8 Å². The number of benzene rings is 1. The zero-order chi connectivity index (χ0) is 15.5. The molecule has 0 amide bonds. The molecule has 0 saturated heterocycles. The number of aromatic amines is 1. The summed E-state index contributed by atoms with van der Waals surface area (Å²) in [6, 6.07) is 7.08. The number of nitrogens with zero attached hydrogens (tertiary/aromatic N) is 2. The van der Waals surface area contributed by atoms with E-state index in [1.54, 1.807) is 0 Å².